The highest BCUT2D eigenvalue weighted by molar-refractivity contribution is 7.12. The summed E-state index contributed by atoms with van der Waals surface area (Å²) in [6, 6.07) is 1.62. The van der Waals surface area contributed by atoms with Crippen LogP contribution in [-0.4, -0.2) is 30.1 Å². The molecule has 1 saturated carbocycles. The lowest BCUT2D eigenvalue weighted by Gasteiger charge is -2.27. The monoisotopic (exact) mass is 311 g/mol. The van der Waals surface area contributed by atoms with E-state index in [1.54, 1.807) is 11.4 Å². The smallest absolute Gasteiger partial charge is 0.350 e. The number of carbonyl (C=O) groups excluding carboxylic acids is 2. The average Bonchev–Trinajstić information content (AvgIpc) is 2.94. The standard InChI is InChI=1S/C14H17NO5S/c1-20-14(19)11-10(6-7-21-11)15-12(16)8-4-2-3-5-9(8)13(17)18/h6-9H,2-5H2,1H3,(H,15,16)(H,17,18)/t8-,9-/m1/s1. The van der Waals surface area contributed by atoms with Gasteiger partial charge in [0.05, 0.1) is 24.6 Å². The lowest BCUT2D eigenvalue weighted by Crippen LogP contribution is -2.36. The number of hydrogen-bond donors (Lipinski definition) is 2. The van der Waals surface area contributed by atoms with E-state index in [2.05, 4.69) is 10.1 Å². The van der Waals surface area contributed by atoms with Gasteiger partial charge in [-0.1, -0.05) is 12.8 Å². The van der Waals surface area contributed by atoms with Gasteiger partial charge in [0.15, 0.2) is 0 Å². The second-order valence-electron chi connectivity index (χ2n) is 4.98. The van der Waals surface area contributed by atoms with Crippen LogP contribution >= 0.6 is 11.3 Å². The van der Waals surface area contributed by atoms with Crippen molar-refractivity contribution in [2.45, 2.75) is 25.7 Å². The predicted molar refractivity (Wildman–Crippen MR) is 77.4 cm³/mol. The van der Waals surface area contributed by atoms with Gasteiger partial charge in [-0.2, -0.15) is 0 Å². The van der Waals surface area contributed by atoms with Crippen LogP contribution in [0.25, 0.3) is 0 Å². The average molecular weight is 311 g/mol. The van der Waals surface area contributed by atoms with Crippen molar-refractivity contribution in [3.63, 3.8) is 0 Å². The number of nitrogens with one attached hydrogen (secondary N) is 1. The first-order valence-corrected chi connectivity index (χ1v) is 7.62. The molecule has 0 aliphatic heterocycles. The predicted octanol–water partition coefficient (Wildman–Crippen LogP) is 2.36. The number of amides is 1. The molecule has 0 saturated heterocycles. The maximum atomic E-state index is 12.3. The number of hydrogen-bond acceptors (Lipinski definition) is 5. The number of esters is 1. The van der Waals surface area contributed by atoms with Crippen molar-refractivity contribution < 1.29 is 24.2 Å². The molecule has 114 valence electrons. The normalized spacial score (nSPS) is 21.6. The van der Waals surface area contributed by atoms with Gasteiger partial charge in [0.25, 0.3) is 0 Å². The number of thiophene rings is 1. The second kappa shape index (κ2) is 6.71. The summed E-state index contributed by atoms with van der Waals surface area (Å²) in [7, 11) is 1.27. The Kier molecular flexibility index (Phi) is 4.95. The molecule has 1 aliphatic carbocycles. The molecule has 21 heavy (non-hydrogen) atoms. The molecule has 1 aromatic heterocycles. The summed E-state index contributed by atoms with van der Waals surface area (Å²) < 4.78 is 4.65. The minimum absolute atomic E-state index is 0.313. The van der Waals surface area contributed by atoms with E-state index in [9.17, 15) is 19.5 Å². The molecule has 0 unspecified atom stereocenters. The zero-order valence-corrected chi connectivity index (χ0v) is 12.4. The lowest BCUT2D eigenvalue weighted by atomic mass is 9.78. The van der Waals surface area contributed by atoms with Crippen molar-refractivity contribution in [3.8, 4) is 0 Å². The van der Waals surface area contributed by atoms with Crippen molar-refractivity contribution >= 4 is 34.9 Å². The highest BCUT2D eigenvalue weighted by atomic mass is 32.1. The Morgan fingerprint density at radius 2 is 1.95 bits per heavy atom. The number of ether oxygens (including phenoxy) is 1. The fraction of sp³-hybridized carbons (Fsp3) is 0.500. The lowest BCUT2D eigenvalue weighted by molar-refractivity contribution is -0.147. The highest BCUT2D eigenvalue weighted by Crippen LogP contribution is 2.32. The van der Waals surface area contributed by atoms with E-state index in [-0.39, 0.29) is 5.91 Å². The number of aliphatic carboxylic acids is 1. The molecular weight excluding hydrogens is 294 g/mol. The van der Waals surface area contributed by atoms with E-state index in [4.69, 9.17) is 0 Å². The van der Waals surface area contributed by atoms with Gasteiger partial charge >= 0.3 is 11.9 Å². The SMILES string of the molecule is COC(=O)c1sccc1NC(=O)[C@@H]1CCCC[C@H]1C(=O)O. The third-order valence-corrected chi connectivity index (χ3v) is 4.61. The molecule has 2 N–H and O–H groups in total. The summed E-state index contributed by atoms with van der Waals surface area (Å²) in [6.07, 6.45) is 2.74. The Morgan fingerprint density at radius 3 is 2.57 bits per heavy atom. The molecule has 0 bridgehead atoms. The first-order valence-electron chi connectivity index (χ1n) is 6.74. The van der Waals surface area contributed by atoms with Crippen molar-refractivity contribution in [1.82, 2.24) is 0 Å². The van der Waals surface area contributed by atoms with Gasteiger partial charge in [-0.15, -0.1) is 11.3 Å². The van der Waals surface area contributed by atoms with Gasteiger partial charge < -0.3 is 15.2 Å². The molecule has 2 atom stereocenters. The maximum absolute atomic E-state index is 12.3. The van der Waals surface area contributed by atoms with Crippen molar-refractivity contribution in [2.75, 3.05) is 12.4 Å². The first-order chi connectivity index (χ1) is 10.0. The van der Waals surface area contributed by atoms with Gasteiger partial charge in [-0.25, -0.2) is 4.79 Å². The minimum Gasteiger partial charge on any atom is -0.481 e. The zero-order chi connectivity index (χ0) is 15.4. The molecule has 2 rings (SSSR count). The van der Waals surface area contributed by atoms with Crippen LogP contribution in [-0.2, 0) is 14.3 Å². The molecule has 1 amide bonds. The van der Waals surface area contributed by atoms with E-state index < -0.39 is 23.8 Å². The molecule has 6 nitrogen and oxygen atoms in total. The van der Waals surface area contributed by atoms with Crippen molar-refractivity contribution in [1.29, 1.82) is 0 Å². The van der Waals surface area contributed by atoms with Gasteiger partial charge in [0.2, 0.25) is 5.91 Å². The van der Waals surface area contributed by atoms with Crippen LogP contribution in [0.1, 0.15) is 35.4 Å². The fourth-order valence-corrected chi connectivity index (χ4v) is 3.39. The van der Waals surface area contributed by atoms with E-state index in [0.717, 1.165) is 12.8 Å². The molecule has 0 radical (unpaired) electrons. The van der Waals surface area contributed by atoms with E-state index in [1.165, 1.54) is 18.4 Å². The maximum Gasteiger partial charge on any atom is 0.350 e. The van der Waals surface area contributed by atoms with Gasteiger partial charge in [-0.05, 0) is 24.3 Å². The molecule has 1 aliphatic rings. The van der Waals surface area contributed by atoms with E-state index >= 15 is 0 Å². The Balaban J connectivity index is 2.12. The third kappa shape index (κ3) is 3.41. The van der Waals surface area contributed by atoms with Gasteiger partial charge in [-0.3, -0.25) is 9.59 Å². The topological polar surface area (TPSA) is 92.7 Å². The molecule has 1 fully saturated rings. The quantitative estimate of drug-likeness (QED) is 0.833. The second-order valence-corrected chi connectivity index (χ2v) is 5.90. The largest absolute Gasteiger partial charge is 0.481 e. The van der Waals surface area contributed by atoms with Gasteiger partial charge in [0, 0.05) is 0 Å². The number of carbonyl (C=O) groups is 3. The summed E-state index contributed by atoms with van der Waals surface area (Å²) in [5.41, 5.74) is 0.381. The number of rotatable bonds is 4. The van der Waals surface area contributed by atoms with Crippen molar-refractivity contribution in [3.05, 3.63) is 16.3 Å². The van der Waals surface area contributed by atoms with Crippen LogP contribution < -0.4 is 5.32 Å². The van der Waals surface area contributed by atoms with E-state index in [1.807, 2.05) is 0 Å². The number of carboxylic acids is 1. The van der Waals surface area contributed by atoms with Crippen LogP contribution in [0, 0.1) is 11.8 Å². The molecule has 7 heteroatoms. The van der Waals surface area contributed by atoms with Gasteiger partial charge in [0.1, 0.15) is 4.88 Å². The summed E-state index contributed by atoms with van der Waals surface area (Å²) in [5, 5.41) is 13.6. The van der Waals surface area contributed by atoms with Crippen LogP contribution in [0.15, 0.2) is 11.4 Å². The fourth-order valence-electron chi connectivity index (χ4n) is 2.62. The van der Waals surface area contributed by atoms with Crippen LogP contribution in [0.2, 0.25) is 0 Å². The summed E-state index contributed by atoms with van der Waals surface area (Å²) in [4.78, 5) is 35.4. The molecule has 0 spiro atoms. The first kappa shape index (κ1) is 15.5. The Bertz CT molecular complexity index is 553. The Labute approximate surface area is 126 Å². The number of methoxy groups -OCH3 is 1. The molecule has 1 aromatic rings. The highest BCUT2D eigenvalue weighted by Gasteiger charge is 2.36. The summed E-state index contributed by atoms with van der Waals surface area (Å²) in [5.74, 6) is -3.00. The Morgan fingerprint density at radius 1 is 1.29 bits per heavy atom. The number of carboxylic acid groups (broad SMARTS) is 1. The molecular formula is C14H17NO5S. The number of anilines is 1. The zero-order valence-electron chi connectivity index (χ0n) is 11.6. The van der Waals surface area contributed by atoms with Crippen LogP contribution in [0.4, 0.5) is 5.69 Å². The Hall–Kier alpha value is -1.89. The minimum atomic E-state index is -0.937. The molecule has 1 heterocycles. The third-order valence-electron chi connectivity index (χ3n) is 3.71. The molecule has 0 aromatic carbocycles. The summed E-state index contributed by atoms with van der Waals surface area (Å²) in [6.45, 7) is 0. The van der Waals surface area contributed by atoms with Crippen molar-refractivity contribution in [2.24, 2.45) is 11.8 Å². The van der Waals surface area contributed by atoms with Crippen LogP contribution in [0.3, 0.4) is 0 Å². The van der Waals surface area contributed by atoms with E-state index in [0.29, 0.717) is 23.4 Å². The summed E-state index contributed by atoms with van der Waals surface area (Å²) >= 11 is 1.17. The van der Waals surface area contributed by atoms with Crippen LogP contribution in [0.5, 0.6) is 0 Å².